The van der Waals surface area contributed by atoms with Gasteiger partial charge in [0.05, 0.1) is 11.7 Å². The fourth-order valence-electron chi connectivity index (χ4n) is 2.86. The predicted octanol–water partition coefficient (Wildman–Crippen LogP) is 0.880. The van der Waals surface area contributed by atoms with Crippen molar-refractivity contribution in [2.24, 2.45) is 7.05 Å². The number of hydrogen-bond acceptors (Lipinski definition) is 3. The predicted molar refractivity (Wildman–Crippen MR) is 63.2 cm³/mol. The zero-order chi connectivity index (χ0) is 11.0. The summed E-state index contributed by atoms with van der Waals surface area (Å²) in [6, 6.07) is 0.476. The Morgan fingerprint density at radius 2 is 2.25 bits per heavy atom. The Morgan fingerprint density at radius 3 is 3.00 bits per heavy atom. The third-order valence-corrected chi connectivity index (χ3v) is 3.78. The lowest BCUT2D eigenvalue weighted by Crippen LogP contribution is -2.29. The van der Waals surface area contributed by atoms with Crippen LogP contribution in [0.5, 0.6) is 0 Å². The molecule has 3 rings (SSSR count). The van der Waals surface area contributed by atoms with Gasteiger partial charge in [0.15, 0.2) is 0 Å². The molecule has 88 valence electrons. The number of nitrogens with one attached hydrogen (secondary N) is 2. The summed E-state index contributed by atoms with van der Waals surface area (Å²) < 4.78 is 2.32. The largest absolute Gasteiger partial charge is 0.333 e. The quantitative estimate of drug-likeness (QED) is 0.738. The number of rotatable bonds is 1. The van der Waals surface area contributed by atoms with Gasteiger partial charge in [0, 0.05) is 32.3 Å². The Hall–Kier alpha value is -0.870. The van der Waals surface area contributed by atoms with Crippen molar-refractivity contribution in [3.63, 3.8) is 0 Å². The minimum absolute atomic E-state index is 0.476. The molecule has 16 heavy (non-hydrogen) atoms. The van der Waals surface area contributed by atoms with Gasteiger partial charge < -0.3 is 15.2 Å². The maximum Gasteiger partial charge on any atom is 0.126 e. The van der Waals surface area contributed by atoms with Crippen molar-refractivity contribution in [1.29, 1.82) is 0 Å². The molecule has 1 unspecified atom stereocenters. The van der Waals surface area contributed by atoms with Crippen LogP contribution in [0.3, 0.4) is 0 Å². The third kappa shape index (κ3) is 1.66. The van der Waals surface area contributed by atoms with Crippen molar-refractivity contribution in [3.8, 4) is 0 Å². The van der Waals surface area contributed by atoms with Gasteiger partial charge in [0.25, 0.3) is 0 Å². The highest BCUT2D eigenvalue weighted by Gasteiger charge is 2.24. The first-order valence-electron chi connectivity index (χ1n) is 6.35. The van der Waals surface area contributed by atoms with Crippen LogP contribution in [-0.2, 0) is 20.0 Å². The van der Waals surface area contributed by atoms with E-state index in [0.717, 1.165) is 26.1 Å². The van der Waals surface area contributed by atoms with Crippen LogP contribution in [0.15, 0.2) is 0 Å². The van der Waals surface area contributed by atoms with Crippen molar-refractivity contribution in [2.45, 2.75) is 38.3 Å². The van der Waals surface area contributed by atoms with Gasteiger partial charge in [-0.05, 0) is 19.4 Å². The molecular formula is C12H20N4. The molecule has 2 N–H and O–H groups in total. The highest BCUT2D eigenvalue weighted by molar-refractivity contribution is 5.21. The first-order valence-corrected chi connectivity index (χ1v) is 6.35. The molecule has 4 nitrogen and oxygen atoms in total. The summed E-state index contributed by atoms with van der Waals surface area (Å²) in [4.78, 5) is 4.81. The van der Waals surface area contributed by atoms with Crippen LogP contribution < -0.4 is 10.6 Å². The monoisotopic (exact) mass is 220 g/mol. The van der Waals surface area contributed by atoms with Gasteiger partial charge in [-0.2, -0.15) is 0 Å². The first-order chi connectivity index (χ1) is 7.86. The van der Waals surface area contributed by atoms with Gasteiger partial charge in [-0.1, -0.05) is 6.42 Å². The number of nitrogens with zero attached hydrogens (tertiary/aromatic N) is 2. The molecule has 0 amide bonds. The zero-order valence-corrected chi connectivity index (χ0v) is 9.92. The number of fused-ring (bicyclic) bond motifs is 1. The molecule has 0 aliphatic carbocycles. The Balaban J connectivity index is 1.91. The molecule has 1 aromatic heterocycles. The van der Waals surface area contributed by atoms with E-state index in [1.54, 1.807) is 0 Å². The average molecular weight is 220 g/mol. The lowest BCUT2D eigenvalue weighted by Gasteiger charge is -2.23. The van der Waals surface area contributed by atoms with E-state index in [9.17, 15) is 0 Å². The van der Waals surface area contributed by atoms with Crippen molar-refractivity contribution in [3.05, 3.63) is 17.2 Å². The summed E-state index contributed by atoms with van der Waals surface area (Å²) in [6.07, 6.45) is 4.98. The van der Waals surface area contributed by atoms with Crippen LogP contribution in [0.1, 0.15) is 42.5 Å². The Kier molecular flexibility index (Phi) is 2.69. The molecule has 0 saturated carbocycles. The number of imidazole rings is 1. The second-order valence-corrected chi connectivity index (χ2v) is 4.85. The Labute approximate surface area is 96.4 Å². The maximum atomic E-state index is 4.81. The smallest absolute Gasteiger partial charge is 0.126 e. The van der Waals surface area contributed by atoms with Gasteiger partial charge in [-0.15, -0.1) is 0 Å². The van der Waals surface area contributed by atoms with Crippen LogP contribution in [0.25, 0.3) is 0 Å². The molecule has 0 bridgehead atoms. The van der Waals surface area contributed by atoms with E-state index in [4.69, 9.17) is 4.98 Å². The summed E-state index contributed by atoms with van der Waals surface area (Å²) in [5.41, 5.74) is 2.69. The van der Waals surface area contributed by atoms with Gasteiger partial charge in [-0.3, -0.25) is 0 Å². The van der Waals surface area contributed by atoms with E-state index in [-0.39, 0.29) is 0 Å². The van der Waals surface area contributed by atoms with E-state index < -0.39 is 0 Å². The Bertz CT molecular complexity index is 377. The van der Waals surface area contributed by atoms with Crippen LogP contribution in [0.4, 0.5) is 0 Å². The van der Waals surface area contributed by atoms with Crippen molar-refractivity contribution >= 4 is 0 Å². The third-order valence-electron chi connectivity index (χ3n) is 3.78. The normalized spacial score (nSPS) is 25.4. The standard InChI is InChI=1S/C12H20N4/c1-16-11-5-7-13-8-10(11)15-12(16)9-4-2-3-6-14-9/h9,13-14H,2-8H2,1H3. The summed E-state index contributed by atoms with van der Waals surface area (Å²) in [5.74, 6) is 1.24. The highest BCUT2D eigenvalue weighted by atomic mass is 15.1. The van der Waals surface area contributed by atoms with Crippen molar-refractivity contribution in [2.75, 3.05) is 13.1 Å². The molecular weight excluding hydrogens is 200 g/mol. The van der Waals surface area contributed by atoms with E-state index in [2.05, 4.69) is 22.2 Å². The van der Waals surface area contributed by atoms with E-state index in [1.165, 1.54) is 36.5 Å². The highest BCUT2D eigenvalue weighted by Crippen LogP contribution is 2.25. The maximum absolute atomic E-state index is 4.81. The molecule has 0 aromatic carbocycles. The molecule has 2 aliphatic rings. The SMILES string of the molecule is Cn1c(C2CCCCN2)nc2c1CCNC2. The number of piperidine rings is 1. The first kappa shape index (κ1) is 10.3. The number of aromatic nitrogens is 2. The molecule has 0 radical (unpaired) electrons. The second-order valence-electron chi connectivity index (χ2n) is 4.85. The molecule has 0 spiro atoms. The zero-order valence-electron chi connectivity index (χ0n) is 9.92. The van der Waals surface area contributed by atoms with Gasteiger partial charge in [0.2, 0.25) is 0 Å². The van der Waals surface area contributed by atoms with E-state index in [1.807, 2.05) is 0 Å². The van der Waals surface area contributed by atoms with Crippen LogP contribution in [0, 0.1) is 0 Å². The van der Waals surface area contributed by atoms with Crippen molar-refractivity contribution in [1.82, 2.24) is 20.2 Å². The second kappa shape index (κ2) is 4.18. The van der Waals surface area contributed by atoms with Gasteiger partial charge >= 0.3 is 0 Å². The lowest BCUT2D eigenvalue weighted by atomic mass is 10.0. The van der Waals surface area contributed by atoms with Crippen LogP contribution in [0.2, 0.25) is 0 Å². The topological polar surface area (TPSA) is 41.9 Å². The Morgan fingerprint density at radius 1 is 1.31 bits per heavy atom. The van der Waals surface area contributed by atoms with E-state index in [0.29, 0.717) is 6.04 Å². The summed E-state index contributed by atoms with van der Waals surface area (Å²) >= 11 is 0. The van der Waals surface area contributed by atoms with Gasteiger partial charge in [-0.25, -0.2) is 4.98 Å². The molecule has 3 heterocycles. The fraction of sp³-hybridized carbons (Fsp3) is 0.750. The average Bonchev–Trinajstić information content (AvgIpc) is 2.69. The lowest BCUT2D eigenvalue weighted by molar-refractivity contribution is 0.389. The molecule has 4 heteroatoms. The molecule has 1 atom stereocenters. The van der Waals surface area contributed by atoms with Crippen molar-refractivity contribution < 1.29 is 0 Å². The molecule has 1 fully saturated rings. The summed E-state index contributed by atoms with van der Waals surface area (Å²) in [7, 11) is 2.17. The van der Waals surface area contributed by atoms with Crippen LogP contribution >= 0.6 is 0 Å². The molecule has 1 aromatic rings. The number of hydrogen-bond donors (Lipinski definition) is 2. The fourth-order valence-corrected chi connectivity index (χ4v) is 2.86. The summed E-state index contributed by atoms with van der Waals surface area (Å²) in [5, 5.41) is 6.97. The van der Waals surface area contributed by atoms with Gasteiger partial charge in [0.1, 0.15) is 5.82 Å². The minimum Gasteiger partial charge on any atom is -0.333 e. The molecule has 1 saturated heterocycles. The minimum atomic E-state index is 0.476. The molecule has 2 aliphatic heterocycles. The van der Waals surface area contributed by atoms with Crippen LogP contribution in [-0.4, -0.2) is 22.6 Å². The summed E-state index contributed by atoms with van der Waals surface area (Å²) in [6.45, 7) is 3.17. The van der Waals surface area contributed by atoms with E-state index >= 15 is 0 Å².